The van der Waals surface area contributed by atoms with Crippen molar-refractivity contribution in [1.82, 2.24) is 0 Å². The number of carbonyl (C=O) groups is 1. The SMILES string of the molecule is COc1ccc(Cc2cc(O)ccc2O[C@@H]2O[C@H](CO)[C@@H](O)[C@H](O)[C@H]2O)c(OC)c1C(=O)O. The summed E-state index contributed by atoms with van der Waals surface area (Å²) in [5.41, 5.74) is 0.653. The smallest absolute Gasteiger partial charge is 0.343 e. The molecule has 6 N–H and O–H groups in total. The van der Waals surface area contributed by atoms with E-state index >= 15 is 0 Å². The second-order valence-electron chi connectivity index (χ2n) is 7.42. The third-order valence-electron chi connectivity index (χ3n) is 5.36. The summed E-state index contributed by atoms with van der Waals surface area (Å²) >= 11 is 0. The van der Waals surface area contributed by atoms with Crippen LogP contribution in [0.4, 0.5) is 0 Å². The molecule has 1 fully saturated rings. The fourth-order valence-electron chi connectivity index (χ4n) is 3.67. The first kappa shape index (κ1) is 24.6. The third-order valence-corrected chi connectivity index (χ3v) is 5.36. The van der Waals surface area contributed by atoms with E-state index in [1.165, 1.54) is 38.5 Å². The number of phenolic OH excluding ortho intramolecular Hbond substituents is 1. The average molecular weight is 466 g/mol. The van der Waals surface area contributed by atoms with Crippen LogP contribution in [0.5, 0.6) is 23.0 Å². The molecule has 0 saturated carbocycles. The van der Waals surface area contributed by atoms with Crippen LogP contribution in [0.2, 0.25) is 0 Å². The number of carboxylic acid groups (broad SMARTS) is 1. The van der Waals surface area contributed by atoms with Crippen molar-refractivity contribution in [2.24, 2.45) is 0 Å². The van der Waals surface area contributed by atoms with Crippen LogP contribution < -0.4 is 14.2 Å². The number of ether oxygens (including phenoxy) is 4. The lowest BCUT2D eigenvalue weighted by Crippen LogP contribution is -2.60. The number of aromatic carboxylic acids is 1. The Balaban J connectivity index is 1.96. The highest BCUT2D eigenvalue weighted by Crippen LogP contribution is 2.36. The molecular weight excluding hydrogens is 440 g/mol. The molecule has 1 heterocycles. The van der Waals surface area contributed by atoms with Crippen LogP contribution in [0.3, 0.4) is 0 Å². The van der Waals surface area contributed by atoms with Gasteiger partial charge in [0.15, 0.2) is 0 Å². The number of hydrogen-bond donors (Lipinski definition) is 6. The fourth-order valence-corrected chi connectivity index (χ4v) is 3.67. The van der Waals surface area contributed by atoms with Gasteiger partial charge in [0.1, 0.15) is 53.0 Å². The zero-order chi connectivity index (χ0) is 24.3. The van der Waals surface area contributed by atoms with Gasteiger partial charge >= 0.3 is 5.97 Å². The predicted octanol–water partition coefficient (Wildman–Crippen LogP) is -0.123. The second-order valence-corrected chi connectivity index (χ2v) is 7.42. The third kappa shape index (κ3) is 4.97. The van der Waals surface area contributed by atoms with E-state index in [0.29, 0.717) is 11.1 Å². The van der Waals surface area contributed by atoms with Gasteiger partial charge in [0.05, 0.1) is 20.8 Å². The Morgan fingerprint density at radius 2 is 1.67 bits per heavy atom. The molecule has 180 valence electrons. The van der Waals surface area contributed by atoms with Crippen molar-refractivity contribution in [3.05, 3.63) is 47.0 Å². The first-order valence-electron chi connectivity index (χ1n) is 9.98. The van der Waals surface area contributed by atoms with Crippen molar-refractivity contribution in [3.63, 3.8) is 0 Å². The van der Waals surface area contributed by atoms with Gasteiger partial charge in [-0.3, -0.25) is 0 Å². The Morgan fingerprint density at radius 3 is 2.27 bits per heavy atom. The van der Waals surface area contributed by atoms with Gasteiger partial charge in [0.25, 0.3) is 0 Å². The topological polar surface area (TPSA) is 175 Å². The Hall–Kier alpha value is -3.09. The van der Waals surface area contributed by atoms with Crippen molar-refractivity contribution in [3.8, 4) is 23.0 Å². The van der Waals surface area contributed by atoms with Crippen LogP contribution in [-0.2, 0) is 11.2 Å². The molecule has 2 aromatic carbocycles. The van der Waals surface area contributed by atoms with Crippen LogP contribution in [-0.4, -0.2) is 88.1 Å². The van der Waals surface area contributed by atoms with Crippen LogP contribution in [0.25, 0.3) is 0 Å². The fraction of sp³-hybridized carbons (Fsp3) is 0.409. The van der Waals surface area contributed by atoms with E-state index in [-0.39, 0.29) is 35.0 Å². The summed E-state index contributed by atoms with van der Waals surface area (Å²) in [6, 6.07) is 7.19. The van der Waals surface area contributed by atoms with E-state index in [0.717, 1.165) is 0 Å². The molecule has 0 aromatic heterocycles. The molecule has 0 spiro atoms. The minimum Gasteiger partial charge on any atom is -0.508 e. The first-order valence-corrected chi connectivity index (χ1v) is 9.98. The van der Waals surface area contributed by atoms with Gasteiger partial charge in [-0.2, -0.15) is 0 Å². The van der Waals surface area contributed by atoms with E-state index in [9.17, 15) is 35.4 Å². The van der Waals surface area contributed by atoms with E-state index in [1.807, 2.05) is 0 Å². The van der Waals surface area contributed by atoms with Crippen LogP contribution >= 0.6 is 0 Å². The molecule has 2 aromatic rings. The zero-order valence-corrected chi connectivity index (χ0v) is 17.9. The summed E-state index contributed by atoms with van der Waals surface area (Å²) in [7, 11) is 2.65. The number of aliphatic hydroxyl groups excluding tert-OH is 4. The lowest BCUT2D eigenvalue weighted by atomic mass is 9.98. The Bertz CT molecular complexity index is 991. The number of aromatic hydroxyl groups is 1. The lowest BCUT2D eigenvalue weighted by molar-refractivity contribution is -0.277. The molecule has 0 amide bonds. The summed E-state index contributed by atoms with van der Waals surface area (Å²) in [5, 5.41) is 59.2. The van der Waals surface area contributed by atoms with Gasteiger partial charge in [0.2, 0.25) is 6.29 Å². The van der Waals surface area contributed by atoms with Crippen molar-refractivity contribution >= 4 is 5.97 Å². The van der Waals surface area contributed by atoms with Gasteiger partial charge in [-0.05, 0) is 29.8 Å². The van der Waals surface area contributed by atoms with Gasteiger partial charge in [-0.15, -0.1) is 0 Å². The van der Waals surface area contributed by atoms with Gasteiger partial charge < -0.3 is 49.6 Å². The van der Waals surface area contributed by atoms with E-state index < -0.39 is 43.3 Å². The highest BCUT2D eigenvalue weighted by Gasteiger charge is 2.44. The monoisotopic (exact) mass is 466 g/mol. The Kier molecular flexibility index (Phi) is 7.61. The summed E-state index contributed by atoms with van der Waals surface area (Å²) in [6.07, 6.45) is -7.33. The number of phenols is 1. The quantitative estimate of drug-likeness (QED) is 0.306. The molecule has 1 aliphatic heterocycles. The summed E-state index contributed by atoms with van der Waals surface area (Å²) in [6.45, 7) is -0.617. The maximum Gasteiger partial charge on any atom is 0.343 e. The molecule has 1 aliphatic rings. The number of carboxylic acids is 1. The molecule has 11 heteroatoms. The second kappa shape index (κ2) is 10.2. The standard InChI is InChI=1S/C22H26O11/c1-30-14-5-3-10(20(31-2)16(14)21(28)29)7-11-8-12(24)4-6-13(11)32-22-19(27)18(26)17(25)15(9-23)33-22/h3-6,8,15,17-19,22-27H,7,9H2,1-2H3,(H,28,29)/t15-,17-,18+,19-,22-/m1/s1. The summed E-state index contributed by atoms with van der Waals surface area (Å²) in [4.78, 5) is 11.8. The number of aliphatic hydroxyl groups is 4. The van der Waals surface area contributed by atoms with Crippen molar-refractivity contribution < 1.29 is 54.4 Å². The lowest BCUT2D eigenvalue weighted by Gasteiger charge is -2.39. The van der Waals surface area contributed by atoms with Gasteiger partial charge in [0, 0.05) is 12.0 Å². The van der Waals surface area contributed by atoms with Gasteiger partial charge in [-0.1, -0.05) is 6.07 Å². The molecular formula is C22H26O11. The van der Waals surface area contributed by atoms with Crippen LogP contribution in [0.1, 0.15) is 21.5 Å². The van der Waals surface area contributed by atoms with Crippen LogP contribution in [0.15, 0.2) is 30.3 Å². The molecule has 0 bridgehead atoms. The minimum absolute atomic E-state index is 0.0502. The number of hydrogen-bond acceptors (Lipinski definition) is 10. The van der Waals surface area contributed by atoms with Crippen molar-refractivity contribution in [1.29, 1.82) is 0 Å². The zero-order valence-electron chi connectivity index (χ0n) is 17.9. The maximum atomic E-state index is 11.8. The van der Waals surface area contributed by atoms with E-state index in [4.69, 9.17) is 18.9 Å². The largest absolute Gasteiger partial charge is 0.508 e. The van der Waals surface area contributed by atoms with E-state index in [2.05, 4.69) is 0 Å². The molecule has 5 atom stereocenters. The average Bonchev–Trinajstić information content (AvgIpc) is 2.80. The number of rotatable bonds is 8. The van der Waals surface area contributed by atoms with E-state index in [1.54, 1.807) is 6.07 Å². The van der Waals surface area contributed by atoms with Crippen LogP contribution in [0, 0.1) is 0 Å². The molecule has 0 radical (unpaired) electrons. The molecule has 1 saturated heterocycles. The molecule has 3 rings (SSSR count). The summed E-state index contributed by atoms with van der Waals surface area (Å²) in [5.74, 6) is -1.04. The summed E-state index contributed by atoms with van der Waals surface area (Å²) < 4.78 is 21.5. The normalized spacial score (nSPS) is 24.8. The Labute approximate surface area is 189 Å². The molecule has 0 aliphatic carbocycles. The predicted molar refractivity (Wildman–Crippen MR) is 112 cm³/mol. The van der Waals surface area contributed by atoms with Gasteiger partial charge in [-0.25, -0.2) is 4.79 Å². The number of methoxy groups -OCH3 is 2. The maximum absolute atomic E-state index is 11.8. The number of benzene rings is 2. The highest BCUT2D eigenvalue weighted by atomic mass is 16.7. The highest BCUT2D eigenvalue weighted by molar-refractivity contribution is 5.94. The molecule has 11 nitrogen and oxygen atoms in total. The molecule has 0 unspecified atom stereocenters. The molecule has 33 heavy (non-hydrogen) atoms. The van der Waals surface area contributed by atoms with Crippen molar-refractivity contribution in [2.45, 2.75) is 37.1 Å². The first-order chi connectivity index (χ1) is 15.7. The Morgan fingerprint density at radius 1 is 0.970 bits per heavy atom. The van der Waals surface area contributed by atoms with Crippen molar-refractivity contribution in [2.75, 3.05) is 20.8 Å². The minimum atomic E-state index is -1.63.